The van der Waals surface area contributed by atoms with E-state index in [0.717, 1.165) is 11.5 Å². The molecule has 0 spiro atoms. The van der Waals surface area contributed by atoms with Crippen molar-refractivity contribution >= 4 is 21.7 Å². The van der Waals surface area contributed by atoms with Gasteiger partial charge in [0.05, 0.1) is 11.0 Å². The molecule has 0 N–H and O–H groups in total. The fourth-order valence-corrected chi connectivity index (χ4v) is 1.49. The van der Waals surface area contributed by atoms with Gasteiger partial charge >= 0.3 is 0 Å². The zero-order chi connectivity index (χ0) is 9.30. The van der Waals surface area contributed by atoms with Gasteiger partial charge in [-0.15, -0.1) is 0 Å². The predicted molar refractivity (Wildman–Crippen MR) is 50.8 cm³/mol. The van der Waals surface area contributed by atoms with Crippen LogP contribution in [0.25, 0.3) is 0 Å². The number of Topliss-reactive ketones (excluding diaryl/α,β-unsaturated/α-hetero) is 1. The fraction of sp³-hybridized carbons (Fsp3) is 0.500. The fourth-order valence-electron chi connectivity index (χ4n) is 1.23. The lowest BCUT2D eigenvalue weighted by Crippen LogP contribution is -2.08. The molecule has 0 aliphatic heterocycles. The molecule has 1 rings (SSSR count). The summed E-state index contributed by atoms with van der Waals surface area (Å²) < 4.78 is 1.82. The van der Waals surface area contributed by atoms with Crippen LogP contribution in [0.2, 0.25) is 0 Å². The van der Waals surface area contributed by atoms with Gasteiger partial charge in [-0.25, -0.2) is 4.98 Å². The van der Waals surface area contributed by atoms with Gasteiger partial charge in [0.15, 0.2) is 5.78 Å². The Morgan fingerprint density at radius 2 is 2.17 bits per heavy atom. The van der Waals surface area contributed by atoms with Crippen molar-refractivity contribution in [3.63, 3.8) is 0 Å². The Morgan fingerprint density at radius 3 is 2.50 bits per heavy atom. The largest absolute Gasteiger partial charge is 0.329 e. The monoisotopic (exact) mass is 230 g/mol. The van der Waals surface area contributed by atoms with E-state index in [1.807, 2.05) is 25.5 Å². The topological polar surface area (TPSA) is 34.9 Å². The van der Waals surface area contributed by atoms with Crippen molar-refractivity contribution in [1.29, 1.82) is 0 Å². The maximum atomic E-state index is 11.4. The lowest BCUT2D eigenvalue weighted by Gasteiger charge is -2.00. The molecule has 66 valence electrons. The molecule has 0 unspecified atom stereocenters. The Bertz CT molecular complexity index is 317. The first-order valence-corrected chi connectivity index (χ1v) is 4.79. The van der Waals surface area contributed by atoms with Gasteiger partial charge in [-0.3, -0.25) is 4.79 Å². The van der Waals surface area contributed by atoms with E-state index >= 15 is 0 Å². The summed E-state index contributed by atoms with van der Waals surface area (Å²) in [5.41, 5.74) is 1.50. The van der Waals surface area contributed by atoms with E-state index in [0.29, 0.717) is 11.0 Å². The Labute approximate surface area is 79.9 Å². The molecule has 0 radical (unpaired) electrons. The van der Waals surface area contributed by atoms with Gasteiger partial charge in [0.2, 0.25) is 0 Å². The number of halogens is 1. The molecular formula is C8H11BrN2O. The van der Waals surface area contributed by atoms with Gasteiger partial charge in [0, 0.05) is 7.05 Å². The van der Waals surface area contributed by atoms with Crippen molar-refractivity contribution in [1.82, 2.24) is 9.55 Å². The first-order chi connectivity index (χ1) is 5.57. The molecule has 0 saturated heterocycles. The number of nitrogens with zero attached hydrogens (tertiary/aromatic N) is 2. The quantitative estimate of drug-likeness (QED) is 0.572. The molecule has 1 aromatic rings. The van der Waals surface area contributed by atoms with Crippen LogP contribution in [-0.2, 0) is 7.05 Å². The third-order valence-corrected chi connectivity index (χ3v) is 2.39. The van der Waals surface area contributed by atoms with Crippen LogP contribution >= 0.6 is 15.9 Å². The average Bonchev–Trinajstić information content (AvgIpc) is 2.26. The number of carbonyl (C=O) groups excluding carboxylic acids is 1. The summed E-state index contributed by atoms with van der Waals surface area (Å²) in [5, 5.41) is 0.354. The number of ketones is 1. The summed E-state index contributed by atoms with van der Waals surface area (Å²) in [4.78, 5) is 15.6. The molecule has 4 heteroatoms. The second-order valence-corrected chi connectivity index (χ2v) is 3.27. The molecule has 12 heavy (non-hydrogen) atoms. The Morgan fingerprint density at radius 1 is 1.58 bits per heavy atom. The normalized spacial score (nSPS) is 10.3. The minimum atomic E-state index is 0.0793. The SMILES string of the molecule is Cc1nc(C)n(C)c1C(=O)CBr. The van der Waals surface area contributed by atoms with Crippen LogP contribution in [0.1, 0.15) is 22.0 Å². The summed E-state index contributed by atoms with van der Waals surface area (Å²) in [6.45, 7) is 3.74. The van der Waals surface area contributed by atoms with Crippen LogP contribution in [0.15, 0.2) is 0 Å². The van der Waals surface area contributed by atoms with Gasteiger partial charge in [0.1, 0.15) is 11.5 Å². The average molecular weight is 231 g/mol. The maximum absolute atomic E-state index is 11.4. The highest BCUT2D eigenvalue weighted by atomic mass is 79.9. The van der Waals surface area contributed by atoms with Crippen LogP contribution in [0.5, 0.6) is 0 Å². The van der Waals surface area contributed by atoms with E-state index in [2.05, 4.69) is 20.9 Å². The second kappa shape index (κ2) is 3.39. The molecule has 1 heterocycles. The highest BCUT2D eigenvalue weighted by molar-refractivity contribution is 9.09. The minimum Gasteiger partial charge on any atom is -0.329 e. The maximum Gasteiger partial charge on any atom is 0.191 e. The summed E-state index contributed by atoms with van der Waals surface area (Å²) in [5.74, 6) is 0.951. The zero-order valence-corrected chi connectivity index (χ0v) is 8.97. The highest BCUT2D eigenvalue weighted by Gasteiger charge is 2.14. The number of rotatable bonds is 2. The molecule has 0 aromatic carbocycles. The van der Waals surface area contributed by atoms with Crippen LogP contribution in [0.3, 0.4) is 0 Å². The number of alkyl halides is 1. The zero-order valence-electron chi connectivity index (χ0n) is 7.39. The molecule has 0 aliphatic carbocycles. The summed E-state index contributed by atoms with van der Waals surface area (Å²) in [6, 6.07) is 0. The van der Waals surface area contributed by atoms with E-state index in [4.69, 9.17) is 0 Å². The lowest BCUT2D eigenvalue weighted by atomic mass is 10.2. The Balaban J connectivity index is 3.22. The van der Waals surface area contributed by atoms with Gasteiger partial charge in [-0.2, -0.15) is 0 Å². The van der Waals surface area contributed by atoms with Crippen molar-refractivity contribution in [3.8, 4) is 0 Å². The third kappa shape index (κ3) is 1.43. The first kappa shape index (κ1) is 9.45. The van der Waals surface area contributed by atoms with Gasteiger partial charge in [0.25, 0.3) is 0 Å². The molecule has 0 bridgehead atoms. The smallest absolute Gasteiger partial charge is 0.191 e. The van der Waals surface area contributed by atoms with Gasteiger partial charge in [-0.05, 0) is 13.8 Å². The number of carbonyl (C=O) groups is 1. The molecule has 0 amide bonds. The van der Waals surface area contributed by atoms with Crippen molar-refractivity contribution in [3.05, 3.63) is 17.2 Å². The van der Waals surface area contributed by atoms with Crippen molar-refractivity contribution < 1.29 is 4.79 Å². The Hall–Kier alpha value is -0.640. The van der Waals surface area contributed by atoms with E-state index in [1.165, 1.54) is 0 Å². The number of aryl methyl sites for hydroxylation is 2. The number of aromatic nitrogens is 2. The van der Waals surface area contributed by atoms with E-state index in [-0.39, 0.29) is 5.78 Å². The van der Waals surface area contributed by atoms with Gasteiger partial charge < -0.3 is 4.57 Å². The number of hydrogen-bond donors (Lipinski definition) is 0. The standard InChI is InChI=1S/C8H11BrN2O/c1-5-8(7(12)4-9)11(3)6(2)10-5/h4H2,1-3H3. The van der Waals surface area contributed by atoms with Crippen LogP contribution < -0.4 is 0 Å². The Kier molecular flexibility index (Phi) is 2.67. The lowest BCUT2D eigenvalue weighted by molar-refractivity contribution is 0.101. The van der Waals surface area contributed by atoms with Crippen molar-refractivity contribution in [2.24, 2.45) is 7.05 Å². The van der Waals surface area contributed by atoms with Crippen LogP contribution in [0, 0.1) is 13.8 Å². The summed E-state index contributed by atoms with van der Waals surface area (Å²) in [7, 11) is 1.85. The molecule has 3 nitrogen and oxygen atoms in total. The van der Waals surface area contributed by atoms with Crippen LogP contribution in [-0.4, -0.2) is 20.7 Å². The summed E-state index contributed by atoms with van der Waals surface area (Å²) in [6.07, 6.45) is 0. The molecule has 0 aliphatic rings. The molecule has 1 aromatic heterocycles. The van der Waals surface area contributed by atoms with E-state index in [1.54, 1.807) is 0 Å². The number of imidazole rings is 1. The van der Waals surface area contributed by atoms with Crippen molar-refractivity contribution in [2.75, 3.05) is 5.33 Å². The molecular weight excluding hydrogens is 220 g/mol. The molecule has 0 fully saturated rings. The second-order valence-electron chi connectivity index (χ2n) is 2.71. The van der Waals surface area contributed by atoms with Gasteiger partial charge in [-0.1, -0.05) is 15.9 Å². The highest BCUT2D eigenvalue weighted by Crippen LogP contribution is 2.10. The van der Waals surface area contributed by atoms with Crippen molar-refractivity contribution in [2.45, 2.75) is 13.8 Å². The molecule has 0 saturated carbocycles. The third-order valence-electron chi connectivity index (χ3n) is 1.88. The first-order valence-electron chi connectivity index (χ1n) is 3.67. The number of hydrogen-bond acceptors (Lipinski definition) is 2. The predicted octanol–water partition coefficient (Wildman–Crippen LogP) is 1.61. The molecule has 0 atom stereocenters. The van der Waals surface area contributed by atoms with Crippen LogP contribution in [0.4, 0.5) is 0 Å². The van der Waals surface area contributed by atoms with E-state index < -0.39 is 0 Å². The minimum absolute atomic E-state index is 0.0793. The van der Waals surface area contributed by atoms with E-state index in [9.17, 15) is 4.79 Å². The summed E-state index contributed by atoms with van der Waals surface area (Å²) >= 11 is 3.14.